The van der Waals surface area contributed by atoms with Crippen molar-refractivity contribution in [2.45, 2.75) is 87.9 Å². The maximum absolute atomic E-state index is 12.9. The molecule has 6 aromatic heterocycles. The molecule has 0 aliphatic carbocycles. The smallest absolute Gasteiger partial charge is 0.407 e. The van der Waals surface area contributed by atoms with Crippen LogP contribution in [0.5, 0.6) is 0 Å². The zero-order valence-electron chi connectivity index (χ0n) is 58.9. The molecule has 12 atom stereocenters. The van der Waals surface area contributed by atoms with Crippen molar-refractivity contribution >= 4 is 156 Å². The maximum Gasteiger partial charge on any atom is 0.407 e. The number of hydrogen-bond acceptors (Lipinski definition) is 32. The van der Waals surface area contributed by atoms with Gasteiger partial charge in [-0.05, 0) is 60.7 Å². The molecule has 10 aromatic rings. The molecule has 0 saturated carbocycles. The van der Waals surface area contributed by atoms with Gasteiger partial charge in [-0.2, -0.15) is 9.13 Å². The molecule has 50 heteroatoms. The van der Waals surface area contributed by atoms with Gasteiger partial charge in [0.1, 0.15) is 31.4 Å². The number of hydrogen-bond donors (Lipinski definition) is 16. The van der Waals surface area contributed by atoms with Crippen molar-refractivity contribution in [2.24, 2.45) is 14.1 Å². The number of nitrogens with one attached hydrogen (secondary N) is 6. The number of carbonyl (C=O) groups is 4. The second-order valence-corrected chi connectivity index (χ2v) is 31.1. The molecule has 600 valence electrons. The van der Waals surface area contributed by atoms with E-state index in [1.54, 1.807) is 0 Å². The van der Waals surface area contributed by atoms with Crippen molar-refractivity contribution in [1.82, 2.24) is 50.3 Å². The molecule has 46 nitrogen and oxygen atoms in total. The molecular weight excluding hydrogens is 1560 g/mol. The molecule has 2 saturated heterocycles. The van der Waals surface area contributed by atoms with Crippen molar-refractivity contribution in [3.8, 4) is 0 Å². The number of ether oxygens (including phenoxy) is 4. The number of carbonyl (C=O) groups excluding carboxylic acids is 4. The van der Waals surface area contributed by atoms with Crippen LogP contribution in [-0.2, 0) is 91.7 Å². The highest BCUT2D eigenvalue weighted by molar-refractivity contribution is 7.59. The van der Waals surface area contributed by atoms with E-state index in [1.165, 1.54) is 45.0 Å². The van der Waals surface area contributed by atoms with E-state index in [1.807, 2.05) is 84.9 Å². The van der Waals surface area contributed by atoms with Crippen LogP contribution in [-0.4, -0.2) is 149 Å². The van der Waals surface area contributed by atoms with Crippen LogP contribution in [0.1, 0.15) is 38.1 Å². The van der Waals surface area contributed by atoms with Crippen LogP contribution >= 0.6 is 31.3 Å². The number of benzene rings is 4. The summed E-state index contributed by atoms with van der Waals surface area (Å²) >= 11 is 0. The molecule has 0 spiro atoms. The molecule has 0 bridgehead atoms. The fourth-order valence-corrected chi connectivity index (χ4v) is 15.8. The third-order valence-corrected chi connectivity index (χ3v) is 21.6. The van der Waals surface area contributed by atoms with Crippen molar-refractivity contribution in [3.05, 3.63) is 118 Å². The van der Waals surface area contributed by atoms with Crippen LogP contribution in [0.3, 0.4) is 0 Å². The largest absolute Gasteiger partial charge is 0.756 e. The average molecular weight is 1640 g/mol. The lowest BCUT2D eigenvalue weighted by Crippen LogP contribution is -2.49. The quantitative estimate of drug-likeness (QED) is 0.00724. The summed E-state index contributed by atoms with van der Waals surface area (Å²) in [6.45, 7) is -1.47. The number of phosphoric ester groups is 2. The lowest BCUT2D eigenvalue weighted by Gasteiger charge is -2.29. The normalized spacial score (nSPS) is 20.5. The number of fused-ring (bicyclic) bond motifs is 6. The fourth-order valence-electron chi connectivity index (χ4n) is 12.8. The number of aromatic nitrogens is 10. The molecule has 12 rings (SSSR count). The van der Waals surface area contributed by atoms with Crippen molar-refractivity contribution < 1.29 is 132 Å². The number of imidazole rings is 2. The number of rotatable bonds is 28. The summed E-state index contributed by atoms with van der Waals surface area (Å²) in [5.74, 6) is -1.17. The van der Waals surface area contributed by atoms with E-state index in [0.717, 1.165) is 43.6 Å². The standard InChI is InChI=1S/2C31H38N10O13P2/c1-39-15-41(27-24(39)28(44)38-30(34)37-27)29-25(43)26(22(52-29)14-51-56(49,50)54-55(46,47)48)53-31(45)36-9-8-35-23(42)3-2-10-40-20-12-18(32)6-4-16(20)11-17-5-7-19(33)13-21(17)40;1-39-15-41(27-24(39)28(44)38-30(34)37-27)29-26(25(43)22(52-29)14-51-56(49,50)54-55(46,47)48)53-31(45)36-9-8-35-23(42)3-2-10-40-20-12-18(32)6-4-16(20)11-17-5-7-19(33)13-21(17)40/h2*4-7,11-13,15,22,25-26,29,43H,2-3,8-10,14H2,1H3,(H10-,32,33,34,35,36,37,38,42,44,45,46,47,48,49,50)/t2*22-,25-,26-,29-/m11/s1. The van der Waals surface area contributed by atoms with Crippen LogP contribution in [0.25, 0.3) is 65.9 Å². The first-order valence-corrected chi connectivity index (χ1v) is 39.5. The molecular formula is C62H76N20O26P4. The molecule has 2 aliphatic rings. The zero-order valence-corrected chi connectivity index (χ0v) is 62.5. The summed E-state index contributed by atoms with van der Waals surface area (Å²) in [6.07, 6.45) is -11.5. The first-order chi connectivity index (χ1) is 52.8. The molecule has 0 radical (unpaired) electrons. The minimum Gasteiger partial charge on any atom is -0.756 e. The molecule has 4 unspecified atom stereocenters. The summed E-state index contributed by atoms with van der Waals surface area (Å²) in [7, 11) is -20.0. The SMILES string of the molecule is Cn1c[n+]([C@@H]2O[C@H](COP(=O)([O-])OP(=O)([O-])O)[C@@H](O)[C@H]2OC(=O)NCCNC(=O)CCC[n+]2c3cc(N)ccc3cc3ccc(N)cc32)c2nc(N)[nH]c(=O)c21.Cn1c[n+]([C@@H]2O[C@H](COP(=O)([O-])OP(=O)([O-])O)[C@@H](OC(=O)NCCNC(=O)CCC[n+]3c4cc(N)ccc4cc4ccc(N)cc43)[C@H]2O)c2nc(N)[nH]c(=O)c21. The number of phosphoric acid groups is 4. The van der Waals surface area contributed by atoms with Crippen LogP contribution < -0.4 is 105 Å². The third kappa shape index (κ3) is 20.1. The van der Waals surface area contributed by atoms with Gasteiger partial charge in [-0.3, -0.25) is 56.5 Å². The van der Waals surface area contributed by atoms with Gasteiger partial charge in [0.25, 0.3) is 54.3 Å². The number of aliphatic hydroxyl groups excluding tert-OH is 2. The first-order valence-electron chi connectivity index (χ1n) is 33.6. The molecule has 2 aliphatic heterocycles. The molecule has 4 amide bonds. The van der Waals surface area contributed by atoms with Gasteiger partial charge in [0.05, 0.1) is 27.3 Å². The van der Waals surface area contributed by atoms with E-state index < -0.39 is 117 Å². The van der Waals surface area contributed by atoms with E-state index in [4.69, 9.17) is 63.1 Å². The van der Waals surface area contributed by atoms with Gasteiger partial charge in [0.2, 0.25) is 57.4 Å². The number of nitrogens with two attached hydrogens (primary N) is 6. The molecule has 2 fully saturated rings. The topological polar surface area (TPSA) is 705 Å². The highest BCUT2D eigenvalue weighted by atomic mass is 31.3. The Bertz CT molecular complexity index is 5510. The van der Waals surface area contributed by atoms with Gasteiger partial charge in [-0.15, -0.1) is 0 Å². The predicted molar refractivity (Wildman–Crippen MR) is 383 cm³/mol. The summed E-state index contributed by atoms with van der Waals surface area (Å²) in [5, 5.41) is 36.4. The predicted octanol–water partition coefficient (Wildman–Crippen LogP) is -4.40. The Morgan fingerprint density at radius 2 is 0.884 bits per heavy atom. The maximum atomic E-state index is 12.9. The number of nitrogen functional groups attached to an aromatic ring is 6. The number of alkyl carbamates (subject to hydrolysis) is 2. The zero-order chi connectivity index (χ0) is 81.1. The van der Waals surface area contributed by atoms with E-state index in [-0.39, 0.29) is 85.1 Å². The number of pyridine rings is 2. The van der Waals surface area contributed by atoms with Crippen LogP contribution in [0.4, 0.5) is 44.2 Å². The van der Waals surface area contributed by atoms with Crippen molar-refractivity contribution in [1.29, 1.82) is 0 Å². The highest BCUT2D eigenvalue weighted by Gasteiger charge is 2.52. The Morgan fingerprint density at radius 3 is 1.28 bits per heavy atom. The van der Waals surface area contributed by atoms with Crippen LogP contribution in [0.15, 0.2) is 107 Å². The monoisotopic (exact) mass is 1640 g/mol. The van der Waals surface area contributed by atoms with E-state index in [9.17, 15) is 76.8 Å². The Kier molecular flexibility index (Phi) is 25.0. The van der Waals surface area contributed by atoms with Crippen molar-refractivity contribution in [2.75, 3.05) is 73.8 Å². The van der Waals surface area contributed by atoms with Crippen LogP contribution in [0.2, 0.25) is 0 Å². The van der Waals surface area contributed by atoms with E-state index in [0.29, 0.717) is 48.7 Å². The van der Waals surface area contributed by atoms with E-state index in [2.05, 4.69) is 68.0 Å². The number of aliphatic hydroxyl groups is 2. The van der Waals surface area contributed by atoms with Gasteiger partial charge >= 0.3 is 23.5 Å². The van der Waals surface area contributed by atoms with Gasteiger partial charge in [-0.1, -0.05) is 9.97 Å². The summed E-state index contributed by atoms with van der Waals surface area (Å²) in [4.78, 5) is 153. The average Bonchev–Trinajstić information content (AvgIpc) is 1.52. The van der Waals surface area contributed by atoms with E-state index >= 15 is 0 Å². The third-order valence-electron chi connectivity index (χ3n) is 17.4. The van der Waals surface area contributed by atoms with Gasteiger partial charge in [0.15, 0.2) is 31.0 Å². The Labute approximate surface area is 629 Å². The summed E-state index contributed by atoms with van der Waals surface area (Å²) < 4.78 is 93.5. The molecule has 22 N–H and O–H groups in total. The second kappa shape index (κ2) is 33.9. The second-order valence-electron chi connectivity index (χ2n) is 25.6. The number of anilines is 6. The Hall–Kier alpha value is -10.4. The minimum atomic E-state index is -5.79. The molecule has 112 heavy (non-hydrogen) atoms. The lowest BCUT2D eigenvalue weighted by atomic mass is 10.1. The number of aromatic amines is 2. The highest BCUT2D eigenvalue weighted by Crippen LogP contribution is 2.54. The Balaban J connectivity index is 0.000000221. The number of amides is 4. The summed E-state index contributed by atoms with van der Waals surface area (Å²) in [6, 6.07) is 26.4. The first kappa shape index (κ1) is 82.5. The number of aryl methyl sites for hydroxylation is 4. The van der Waals surface area contributed by atoms with Gasteiger partial charge in [0, 0.05) is 120 Å². The molecule has 8 heterocycles. The van der Waals surface area contributed by atoms with Crippen LogP contribution in [0, 0.1) is 0 Å². The minimum absolute atomic E-state index is 0.000922. The number of H-pyrrole nitrogens is 2. The number of nitrogens with zero attached hydrogens (tertiary/aromatic N) is 8. The van der Waals surface area contributed by atoms with Gasteiger partial charge in [-0.25, -0.2) is 27.3 Å². The lowest BCUT2D eigenvalue weighted by molar-refractivity contribution is -0.746. The van der Waals surface area contributed by atoms with Gasteiger partial charge < -0.3 is 123 Å². The summed E-state index contributed by atoms with van der Waals surface area (Å²) in [5.41, 5.74) is 40.1. The molecule has 4 aromatic carbocycles. The fraction of sp³-hybridized carbons (Fsp3) is 0.355. The van der Waals surface area contributed by atoms with Crippen molar-refractivity contribution in [3.63, 3.8) is 0 Å². The Morgan fingerprint density at radius 1 is 0.527 bits per heavy atom.